The highest BCUT2D eigenvalue weighted by Gasteiger charge is 2.40. The van der Waals surface area contributed by atoms with Gasteiger partial charge in [-0.1, -0.05) is 24.3 Å². The molecule has 2 amide bonds. The standard InChI is InChI=1S/C22H26FN3O/c1-15-3-2-4-18(11-15)24-22(27)25-19-12-20-9-10-21(13-19)26(20)14-16-5-7-17(23)8-6-16/h2-8,11,19-21H,9-10,12-14H2,1H3,(H2,24,25,27)/t19?,20-,21+. The van der Waals surface area contributed by atoms with Crippen molar-refractivity contribution in [2.45, 2.75) is 57.3 Å². The van der Waals surface area contributed by atoms with Crippen molar-refractivity contribution in [1.29, 1.82) is 0 Å². The number of hydrogen-bond donors (Lipinski definition) is 2. The Morgan fingerprint density at radius 1 is 1.11 bits per heavy atom. The van der Waals surface area contributed by atoms with Crippen molar-refractivity contribution in [1.82, 2.24) is 10.2 Å². The number of amides is 2. The van der Waals surface area contributed by atoms with E-state index in [1.54, 1.807) is 0 Å². The molecule has 0 aliphatic carbocycles. The normalized spacial score (nSPS) is 24.6. The molecule has 2 aliphatic rings. The van der Waals surface area contributed by atoms with Crippen LogP contribution in [0, 0.1) is 12.7 Å². The molecule has 0 saturated carbocycles. The highest BCUT2D eigenvalue weighted by atomic mass is 19.1. The number of halogens is 1. The summed E-state index contributed by atoms with van der Waals surface area (Å²) in [6.45, 7) is 2.87. The van der Waals surface area contributed by atoms with Gasteiger partial charge >= 0.3 is 6.03 Å². The lowest BCUT2D eigenvalue weighted by atomic mass is 9.96. The van der Waals surface area contributed by atoms with Crippen molar-refractivity contribution in [2.24, 2.45) is 0 Å². The molecular weight excluding hydrogens is 341 g/mol. The fourth-order valence-corrected chi connectivity index (χ4v) is 4.53. The summed E-state index contributed by atoms with van der Waals surface area (Å²) in [6.07, 6.45) is 4.28. The first-order valence-electron chi connectivity index (χ1n) is 9.71. The van der Waals surface area contributed by atoms with Crippen LogP contribution in [0.25, 0.3) is 0 Å². The van der Waals surface area contributed by atoms with Crippen molar-refractivity contribution < 1.29 is 9.18 Å². The summed E-state index contributed by atoms with van der Waals surface area (Å²) in [7, 11) is 0. The summed E-state index contributed by atoms with van der Waals surface area (Å²) in [5, 5.41) is 6.09. The number of carbonyl (C=O) groups is 1. The van der Waals surface area contributed by atoms with Gasteiger partial charge in [-0.15, -0.1) is 0 Å². The minimum Gasteiger partial charge on any atom is -0.335 e. The number of benzene rings is 2. The maximum atomic E-state index is 13.1. The second-order valence-electron chi connectivity index (χ2n) is 7.82. The number of hydrogen-bond acceptors (Lipinski definition) is 2. The first-order chi connectivity index (χ1) is 13.1. The van der Waals surface area contributed by atoms with Gasteiger partial charge in [-0.25, -0.2) is 9.18 Å². The van der Waals surface area contributed by atoms with Crippen LogP contribution in [0.1, 0.15) is 36.8 Å². The molecule has 0 aromatic heterocycles. The zero-order valence-corrected chi connectivity index (χ0v) is 15.6. The predicted octanol–water partition coefficient (Wildman–Crippen LogP) is 4.45. The summed E-state index contributed by atoms with van der Waals surface area (Å²) in [5.41, 5.74) is 3.10. The number of aryl methyl sites for hydroxylation is 1. The molecule has 142 valence electrons. The van der Waals surface area contributed by atoms with E-state index in [0.717, 1.165) is 36.2 Å². The predicted molar refractivity (Wildman–Crippen MR) is 105 cm³/mol. The third-order valence-corrected chi connectivity index (χ3v) is 5.77. The van der Waals surface area contributed by atoms with Crippen LogP contribution >= 0.6 is 0 Å². The van der Waals surface area contributed by atoms with Crippen LogP contribution in [0.15, 0.2) is 48.5 Å². The molecule has 2 saturated heterocycles. The molecular formula is C22H26FN3O. The van der Waals surface area contributed by atoms with Gasteiger partial charge in [0.15, 0.2) is 0 Å². The number of urea groups is 1. The molecule has 2 bridgehead atoms. The van der Waals surface area contributed by atoms with Crippen LogP contribution in [0.2, 0.25) is 0 Å². The summed E-state index contributed by atoms with van der Waals surface area (Å²) < 4.78 is 13.1. The molecule has 27 heavy (non-hydrogen) atoms. The van der Waals surface area contributed by atoms with E-state index in [9.17, 15) is 9.18 Å². The molecule has 0 spiro atoms. The molecule has 2 aromatic carbocycles. The van der Waals surface area contributed by atoms with Gasteiger partial charge in [0.2, 0.25) is 0 Å². The molecule has 4 rings (SSSR count). The van der Waals surface area contributed by atoms with Gasteiger partial charge in [0.05, 0.1) is 0 Å². The van der Waals surface area contributed by atoms with Gasteiger partial charge in [-0.3, -0.25) is 4.90 Å². The van der Waals surface area contributed by atoms with Gasteiger partial charge in [0.1, 0.15) is 5.82 Å². The molecule has 1 unspecified atom stereocenters. The lowest BCUT2D eigenvalue weighted by Crippen LogP contribution is -2.50. The minimum atomic E-state index is -0.191. The Kier molecular flexibility index (Phi) is 5.12. The van der Waals surface area contributed by atoms with Crippen molar-refractivity contribution in [3.05, 3.63) is 65.5 Å². The number of anilines is 1. The van der Waals surface area contributed by atoms with E-state index in [4.69, 9.17) is 0 Å². The van der Waals surface area contributed by atoms with E-state index in [2.05, 4.69) is 15.5 Å². The van der Waals surface area contributed by atoms with E-state index >= 15 is 0 Å². The van der Waals surface area contributed by atoms with Crippen molar-refractivity contribution >= 4 is 11.7 Å². The van der Waals surface area contributed by atoms with Gasteiger partial charge < -0.3 is 10.6 Å². The quantitative estimate of drug-likeness (QED) is 0.838. The minimum absolute atomic E-state index is 0.128. The first-order valence-corrected chi connectivity index (χ1v) is 9.71. The lowest BCUT2D eigenvalue weighted by molar-refractivity contribution is 0.112. The highest BCUT2D eigenvalue weighted by Crippen LogP contribution is 2.36. The van der Waals surface area contributed by atoms with Crippen LogP contribution in [-0.2, 0) is 6.54 Å². The second kappa shape index (κ2) is 7.69. The van der Waals surface area contributed by atoms with Crippen LogP contribution in [-0.4, -0.2) is 29.1 Å². The van der Waals surface area contributed by atoms with Crippen LogP contribution in [0.5, 0.6) is 0 Å². The molecule has 2 heterocycles. The van der Waals surface area contributed by atoms with Gasteiger partial charge in [-0.05, 0) is 68.0 Å². The van der Waals surface area contributed by atoms with E-state index in [1.165, 1.54) is 25.0 Å². The fourth-order valence-electron chi connectivity index (χ4n) is 4.53. The third-order valence-electron chi connectivity index (χ3n) is 5.77. The highest BCUT2D eigenvalue weighted by molar-refractivity contribution is 5.89. The zero-order valence-electron chi connectivity index (χ0n) is 15.6. The van der Waals surface area contributed by atoms with Crippen molar-refractivity contribution in [2.75, 3.05) is 5.32 Å². The SMILES string of the molecule is Cc1cccc(NC(=O)NC2C[C@H]3CC[C@@H](C2)N3Cc2ccc(F)cc2)c1. The number of carbonyl (C=O) groups excluding carboxylic acids is 1. The number of rotatable bonds is 4. The molecule has 2 aliphatic heterocycles. The largest absolute Gasteiger partial charge is 0.335 e. The summed E-state index contributed by atoms with van der Waals surface area (Å²) >= 11 is 0. The molecule has 2 N–H and O–H groups in total. The summed E-state index contributed by atoms with van der Waals surface area (Å²) in [5.74, 6) is -0.191. The molecule has 5 heteroatoms. The molecule has 4 nitrogen and oxygen atoms in total. The Labute approximate surface area is 159 Å². The second-order valence-corrected chi connectivity index (χ2v) is 7.82. The Morgan fingerprint density at radius 2 is 1.81 bits per heavy atom. The van der Waals surface area contributed by atoms with Gasteiger partial charge in [0.25, 0.3) is 0 Å². The van der Waals surface area contributed by atoms with E-state index in [-0.39, 0.29) is 17.9 Å². The number of fused-ring (bicyclic) bond motifs is 2. The Morgan fingerprint density at radius 3 is 2.48 bits per heavy atom. The monoisotopic (exact) mass is 367 g/mol. The van der Waals surface area contributed by atoms with E-state index < -0.39 is 0 Å². The zero-order chi connectivity index (χ0) is 18.8. The Hall–Kier alpha value is -2.40. The number of nitrogens with one attached hydrogen (secondary N) is 2. The first kappa shape index (κ1) is 18.0. The lowest BCUT2D eigenvalue weighted by Gasteiger charge is -2.39. The van der Waals surface area contributed by atoms with Crippen LogP contribution in [0.4, 0.5) is 14.9 Å². The van der Waals surface area contributed by atoms with E-state index in [1.807, 2.05) is 43.3 Å². The molecule has 0 radical (unpaired) electrons. The van der Waals surface area contributed by atoms with Crippen LogP contribution < -0.4 is 10.6 Å². The van der Waals surface area contributed by atoms with Crippen molar-refractivity contribution in [3.63, 3.8) is 0 Å². The average Bonchev–Trinajstić information content (AvgIpc) is 2.86. The van der Waals surface area contributed by atoms with Gasteiger partial charge in [-0.2, -0.15) is 0 Å². The van der Waals surface area contributed by atoms with Crippen molar-refractivity contribution in [3.8, 4) is 0 Å². The van der Waals surface area contributed by atoms with Crippen LogP contribution in [0.3, 0.4) is 0 Å². The summed E-state index contributed by atoms with van der Waals surface area (Å²) in [4.78, 5) is 14.9. The maximum absolute atomic E-state index is 13.1. The topological polar surface area (TPSA) is 44.4 Å². The molecule has 2 fully saturated rings. The van der Waals surface area contributed by atoms with E-state index in [0.29, 0.717) is 12.1 Å². The molecule has 3 atom stereocenters. The molecule has 2 aromatic rings. The Balaban J connectivity index is 1.33. The smallest absolute Gasteiger partial charge is 0.319 e. The Bertz CT molecular complexity index is 793. The number of piperidine rings is 1. The summed E-state index contributed by atoms with van der Waals surface area (Å²) in [6, 6.07) is 15.7. The number of nitrogens with zero attached hydrogens (tertiary/aromatic N) is 1. The van der Waals surface area contributed by atoms with Gasteiger partial charge in [0, 0.05) is 30.4 Å². The maximum Gasteiger partial charge on any atom is 0.319 e. The fraction of sp³-hybridized carbons (Fsp3) is 0.409. The average molecular weight is 367 g/mol. The third kappa shape index (κ3) is 4.30.